The summed E-state index contributed by atoms with van der Waals surface area (Å²) in [6.45, 7) is 12.9. The van der Waals surface area contributed by atoms with E-state index < -0.39 is 40.5 Å². The van der Waals surface area contributed by atoms with Crippen molar-refractivity contribution in [3.63, 3.8) is 0 Å². The lowest BCUT2D eigenvalue weighted by atomic mass is 9.67. The number of rotatable bonds is 3. The van der Waals surface area contributed by atoms with Crippen molar-refractivity contribution in [2.24, 2.45) is 11.3 Å². The molecule has 1 aromatic carbocycles. The number of ether oxygens (including phenoxy) is 1. The molecule has 1 aliphatic heterocycles. The van der Waals surface area contributed by atoms with Crippen LogP contribution in [-0.4, -0.2) is 28.1 Å². The summed E-state index contributed by atoms with van der Waals surface area (Å²) in [5, 5.41) is 15.3. The van der Waals surface area contributed by atoms with Crippen LogP contribution in [-0.2, 0) is 9.53 Å². The van der Waals surface area contributed by atoms with Gasteiger partial charge in [0.05, 0.1) is 5.92 Å². The first-order valence-electron chi connectivity index (χ1n) is 8.97. The van der Waals surface area contributed by atoms with E-state index in [0.29, 0.717) is 0 Å². The molecule has 0 spiro atoms. The molecule has 0 radical (unpaired) electrons. The Hall–Kier alpha value is -1.95. The second kappa shape index (κ2) is 6.65. The van der Waals surface area contributed by atoms with Crippen molar-refractivity contribution in [2.75, 3.05) is 0 Å². The fraction of sp³-hybridized carbons (Fsp3) is 0.650. The Kier molecular flexibility index (Phi) is 5.21. The van der Waals surface area contributed by atoms with Gasteiger partial charge in [0.1, 0.15) is 17.2 Å². The molecule has 4 unspecified atom stereocenters. The standard InChI is InChI=1S/C20H30N2O4/c1-18(2,3)16-15(22(24)25)14(13-11-9-8-10-12-13)21-20(16,7)17(23)26-19(4,5)6/h8-12,14-16,21H,1-7H3. The highest BCUT2D eigenvalue weighted by Crippen LogP contribution is 2.49. The van der Waals surface area contributed by atoms with Gasteiger partial charge in [-0.3, -0.25) is 20.2 Å². The van der Waals surface area contributed by atoms with E-state index in [2.05, 4.69) is 5.32 Å². The quantitative estimate of drug-likeness (QED) is 0.503. The van der Waals surface area contributed by atoms with Gasteiger partial charge in [0.25, 0.3) is 0 Å². The average molecular weight is 362 g/mol. The van der Waals surface area contributed by atoms with E-state index in [0.717, 1.165) is 5.56 Å². The lowest BCUT2D eigenvalue weighted by molar-refractivity contribution is -0.536. The summed E-state index contributed by atoms with van der Waals surface area (Å²) in [5.74, 6) is -0.986. The molecule has 26 heavy (non-hydrogen) atoms. The molecule has 0 aliphatic carbocycles. The number of nitrogens with zero attached hydrogens (tertiary/aromatic N) is 1. The van der Waals surface area contributed by atoms with Gasteiger partial charge >= 0.3 is 5.97 Å². The number of benzene rings is 1. The summed E-state index contributed by atoms with van der Waals surface area (Å²) < 4.78 is 5.64. The molecule has 6 heteroatoms. The van der Waals surface area contributed by atoms with Crippen LogP contribution in [0.5, 0.6) is 0 Å². The van der Waals surface area contributed by atoms with E-state index in [-0.39, 0.29) is 4.92 Å². The molecule has 1 saturated heterocycles. The Morgan fingerprint density at radius 3 is 2.12 bits per heavy atom. The van der Waals surface area contributed by atoms with Crippen molar-refractivity contribution in [2.45, 2.75) is 71.7 Å². The molecule has 1 N–H and O–H groups in total. The van der Waals surface area contributed by atoms with Crippen molar-refractivity contribution < 1.29 is 14.5 Å². The molecule has 2 rings (SSSR count). The largest absolute Gasteiger partial charge is 0.459 e. The van der Waals surface area contributed by atoms with Gasteiger partial charge in [-0.2, -0.15) is 0 Å². The summed E-state index contributed by atoms with van der Waals surface area (Å²) in [4.78, 5) is 24.9. The Bertz CT molecular complexity index is 675. The first-order chi connectivity index (χ1) is 11.8. The first-order valence-corrected chi connectivity index (χ1v) is 8.97. The molecular weight excluding hydrogens is 332 g/mol. The van der Waals surface area contributed by atoms with Crippen molar-refractivity contribution in [3.05, 3.63) is 46.0 Å². The molecule has 0 aromatic heterocycles. The highest BCUT2D eigenvalue weighted by Gasteiger charge is 2.65. The average Bonchev–Trinajstić information content (AvgIpc) is 2.82. The predicted octanol–water partition coefficient (Wildman–Crippen LogP) is 3.74. The normalized spacial score (nSPS) is 29.4. The highest BCUT2D eigenvalue weighted by molar-refractivity contribution is 5.82. The summed E-state index contributed by atoms with van der Waals surface area (Å²) in [7, 11) is 0. The number of nitrogens with one attached hydrogen (secondary N) is 1. The van der Waals surface area contributed by atoms with Crippen LogP contribution < -0.4 is 5.32 Å². The molecule has 0 saturated carbocycles. The van der Waals surface area contributed by atoms with Crippen LogP contribution in [0.4, 0.5) is 0 Å². The molecule has 4 atom stereocenters. The number of carbonyl (C=O) groups excluding carboxylic acids is 1. The minimum Gasteiger partial charge on any atom is -0.459 e. The van der Waals surface area contributed by atoms with Crippen molar-refractivity contribution in [3.8, 4) is 0 Å². The Morgan fingerprint density at radius 1 is 1.15 bits per heavy atom. The molecular formula is C20H30N2O4. The van der Waals surface area contributed by atoms with Crippen LogP contribution in [0.15, 0.2) is 30.3 Å². The van der Waals surface area contributed by atoms with Crippen LogP contribution in [0.2, 0.25) is 0 Å². The summed E-state index contributed by atoms with van der Waals surface area (Å²) in [6.07, 6.45) is 0. The number of esters is 1. The van der Waals surface area contributed by atoms with E-state index >= 15 is 0 Å². The van der Waals surface area contributed by atoms with E-state index in [1.165, 1.54) is 0 Å². The van der Waals surface area contributed by atoms with E-state index in [9.17, 15) is 14.9 Å². The van der Waals surface area contributed by atoms with Gasteiger partial charge < -0.3 is 4.74 Å². The third-order valence-electron chi connectivity index (χ3n) is 4.92. The molecule has 1 aromatic rings. The molecule has 1 aliphatic rings. The summed E-state index contributed by atoms with van der Waals surface area (Å²) >= 11 is 0. The maximum Gasteiger partial charge on any atom is 0.327 e. The second-order valence-electron chi connectivity index (χ2n) is 9.36. The van der Waals surface area contributed by atoms with E-state index in [1.807, 2.05) is 51.1 Å². The van der Waals surface area contributed by atoms with Gasteiger partial charge in [-0.15, -0.1) is 0 Å². The second-order valence-corrected chi connectivity index (χ2v) is 9.36. The van der Waals surface area contributed by atoms with Crippen molar-refractivity contribution >= 4 is 5.97 Å². The van der Waals surface area contributed by atoms with Crippen LogP contribution >= 0.6 is 0 Å². The SMILES string of the molecule is CC(C)(C)OC(=O)C1(C)NC(c2ccccc2)C([N+](=O)[O-])C1C(C)(C)C. The number of hydrogen-bond acceptors (Lipinski definition) is 5. The molecule has 1 fully saturated rings. The van der Waals surface area contributed by atoms with Gasteiger partial charge in [0.15, 0.2) is 0 Å². The number of hydrogen-bond donors (Lipinski definition) is 1. The molecule has 1 heterocycles. The topological polar surface area (TPSA) is 81.5 Å². The molecule has 0 amide bonds. The zero-order chi connectivity index (χ0) is 19.9. The summed E-state index contributed by atoms with van der Waals surface area (Å²) in [5.41, 5.74) is -1.50. The van der Waals surface area contributed by atoms with Gasteiger partial charge in [0, 0.05) is 4.92 Å². The van der Waals surface area contributed by atoms with Gasteiger partial charge in [-0.25, -0.2) is 0 Å². The Morgan fingerprint density at radius 2 is 1.69 bits per heavy atom. The molecule has 0 bridgehead atoms. The maximum atomic E-state index is 13.1. The maximum absolute atomic E-state index is 13.1. The van der Waals surface area contributed by atoms with Crippen LogP contribution in [0.3, 0.4) is 0 Å². The highest BCUT2D eigenvalue weighted by atomic mass is 16.6. The fourth-order valence-electron chi connectivity index (χ4n) is 4.16. The van der Waals surface area contributed by atoms with Crippen molar-refractivity contribution in [1.29, 1.82) is 0 Å². The summed E-state index contributed by atoms with van der Waals surface area (Å²) in [6, 6.07) is 7.78. The third kappa shape index (κ3) is 3.90. The van der Waals surface area contributed by atoms with Crippen molar-refractivity contribution in [1.82, 2.24) is 5.32 Å². The van der Waals surface area contributed by atoms with Crippen LogP contribution in [0, 0.1) is 21.4 Å². The third-order valence-corrected chi connectivity index (χ3v) is 4.92. The van der Waals surface area contributed by atoms with Crippen LogP contribution in [0.1, 0.15) is 60.1 Å². The lowest BCUT2D eigenvalue weighted by Gasteiger charge is -2.39. The van der Waals surface area contributed by atoms with E-state index in [1.54, 1.807) is 27.7 Å². The van der Waals surface area contributed by atoms with Gasteiger partial charge in [-0.1, -0.05) is 51.1 Å². The van der Waals surface area contributed by atoms with Gasteiger partial charge in [0.2, 0.25) is 6.04 Å². The first kappa shape index (κ1) is 20.4. The zero-order valence-electron chi connectivity index (χ0n) is 16.7. The molecule has 6 nitrogen and oxygen atoms in total. The minimum absolute atomic E-state index is 0.254. The number of carbonyl (C=O) groups is 1. The monoisotopic (exact) mass is 362 g/mol. The van der Waals surface area contributed by atoms with E-state index in [4.69, 9.17) is 4.74 Å². The Labute approximate surface area is 155 Å². The van der Waals surface area contributed by atoms with Gasteiger partial charge in [-0.05, 0) is 38.7 Å². The molecule has 144 valence electrons. The smallest absolute Gasteiger partial charge is 0.327 e. The Balaban J connectivity index is 2.56. The minimum atomic E-state index is -1.16. The predicted molar refractivity (Wildman–Crippen MR) is 100 cm³/mol. The zero-order valence-corrected chi connectivity index (χ0v) is 16.7. The fourth-order valence-corrected chi connectivity index (χ4v) is 4.16. The van der Waals surface area contributed by atoms with Crippen LogP contribution in [0.25, 0.3) is 0 Å². The number of nitro groups is 1. The lowest BCUT2D eigenvalue weighted by Crippen LogP contribution is -2.56.